The highest BCUT2D eigenvalue weighted by atomic mass is 127. The summed E-state index contributed by atoms with van der Waals surface area (Å²) in [5.74, 6) is 2.29. The average molecular weight is 497 g/mol. The van der Waals surface area contributed by atoms with Crippen LogP contribution in [0, 0.1) is 3.57 Å². The molecule has 1 atom stereocenters. The van der Waals surface area contributed by atoms with Crippen molar-refractivity contribution in [2.24, 2.45) is 6.66 Å². The predicted molar refractivity (Wildman–Crippen MR) is 139 cm³/mol. The van der Waals surface area contributed by atoms with Gasteiger partial charge in [0.05, 0.1) is 0 Å². The lowest BCUT2D eigenvalue weighted by molar-refractivity contribution is 1.49. The second-order valence-electron chi connectivity index (χ2n) is 6.40. The standard InChI is InChI=1S/C26H27IP/c1-7-14-19(5)20(8-2)24-16-13-18-28(6)26(24)22(10-4)21(9-3)23-15-11-12-17-25(23)27/h7-18H,2-4H2,1,5-6H3/q+1/b14-7-,20-19+,22-21-. The lowest BCUT2D eigenvalue weighted by atomic mass is 9.93. The normalized spacial score (nSPS) is 13.6. The van der Waals surface area contributed by atoms with Gasteiger partial charge in [-0.15, -0.1) is 0 Å². The predicted octanol–water partition coefficient (Wildman–Crippen LogP) is 8.91. The van der Waals surface area contributed by atoms with Crippen molar-refractivity contribution in [2.45, 2.75) is 13.8 Å². The van der Waals surface area contributed by atoms with Gasteiger partial charge in [-0.1, -0.05) is 68.3 Å². The summed E-state index contributed by atoms with van der Waals surface area (Å²) in [7, 11) is -0.468. The number of benzene rings is 1. The van der Waals surface area contributed by atoms with E-state index in [0.717, 1.165) is 16.7 Å². The van der Waals surface area contributed by atoms with Crippen molar-refractivity contribution in [3.63, 3.8) is 0 Å². The van der Waals surface area contributed by atoms with Gasteiger partial charge in [0, 0.05) is 14.7 Å². The highest BCUT2D eigenvalue weighted by molar-refractivity contribution is 14.1. The number of rotatable bonds is 7. The Labute approximate surface area is 184 Å². The summed E-state index contributed by atoms with van der Waals surface area (Å²) in [6, 6.07) is 12.8. The number of allylic oxidation sites excluding steroid dienone is 9. The zero-order chi connectivity index (χ0) is 20.7. The van der Waals surface area contributed by atoms with Gasteiger partial charge in [0.15, 0.2) is 5.30 Å². The highest BCUT2D eigenvalue weighted by Gasteiger charge is 2.23. The summed E-state index contributed by atoms with van der Waals surface area (Å²) < 4.78 is 1.21. The quantitative estimate of drug-likeness (QED) is 0.265. The van der Waals surface area contributed by atoms with Gasteiger partial charge in [-0.2, -0.15) is 0 Å². The summed E-state index contributed by atoms with van der Waals surface area (Å²) in [6.45, 7) is 18.9. The number of hydrogen-bond donors (Lipinski definition) is 0. The molecular formula is C26H27IP+. The molecule has 1 aromatic heterocycles. The largest absolute Gasteiger partial charge is 0.163 e. The van der Waals surface area contributed by atoms with Crippen molar-refractivity contribution in [3.05, 3.63) is 118 Å². The third-order valence-electron chi connectivity index (χ3n) is 4.63. The molecule has 28 heavy (non-hydrogen) atoms. The van der Waals surface area contributed by atoms with Crippen molar-refractivity contribution in [1.82, 2.24) is 0 Å². The van der Waals surface area contributed by atoms with Crippen LogP contribution in [0.2, 0.25) is 0 Å². The Kier molecular flexibility index (Phi) is 8.41. The zero-order valence-corrected chi connectivity index (χ0v) is 19.9. The monoisotopic (exact) mass is 497 g/mol. The van der Waals surface area contributed by atoms with E-state index in [4.69, 9.17) is 0 Å². The van der Waals surface area contributed by atoms with E-state index >= 15 is 0 Å². The van der Waals surface area contributed by atoms with E-state index in [2.05, 4.69) is 110 Å². The maximum Gasteiger partial charge on any atom is 0.163 e. The Morgan fingerprint density at radius 3 is 2.07 bits per heavy atom. The fourth-order valence-electron chi connectivity index (χ4n) is 3.37. The smallest absolute Gasteiger partial charge is 0.0984 e. The fourth-order valence-corrected chi connectivity index (χ4v) is 5.70. The Morgan fingerprint density at radius 1 is 0.893 bits per heavy atom. The molecule has 0 aliphatic carbocycles. The maximum atomic E-state index is 4.17. The van der Waals surface area contributed by atoms with E-state index in [1.165, 1.54) is 25.6 Å². The molecule has 1 heterocycles. The molecule has 142 valence electrons. The van der Waals surface area contributed by atoms with Gasteiger partial charge in [0.25, 0.3) is 0 Å². The molecule has 0 N–H and O–H groups in total. The minimum absolute atomic E-state index is 0.468. The first-order valence-electron chi connectivity index (χ1n) is 9.19. The second-order valence-corrected chi connectivity index (χ2v) is 9.53. The molecule has 1 unspecified atom stereocenters. The van der Waals surface area contributed by atoms with E-state index in [1.807, 2.05) is 25.2 Å². The molecule has 2 rings (SSSR count). The Hall–Kier alpha value is -1.96. The van der Waals surface area contributed by atoms with Crippen LogP contribution in [-0.2, 0) is 6.66 Å². The molecule has 0 saturated carbocycles. The van der Waals surface area contributed by atoms with Crippen LogP contribution >= 0.6 is 30.1 Å². The van der Waals surface area contributed by atoms with Crippen molar-refractivity contribution in [3.8, 4) is 0 Å². The van der Waals surface area contributed by atoms with Gasteiger partial charge in [0.2, 0.25) is 0 Å². The molecule has 2 heteroatoms. The lowest BCUT2D eigenvalue weighted by Gasteiger charge is -2.14. The Balaban J connectivity index is 2.94. The highest BCUT2D eigenvalue weighted by Crippen LogP contribution is 2.44. The Bertz CT molecular complexity index is 1000. The Morgan fingerprint density at radius 2 is 1.50 bits per heavy atom. The van der Waals surface area contributed by atoms with E-state index in [9.17, 15) is 0 Å². The molecule has 0 saturated heterocycles. The fraction of sp³-hybridized carbons (Fsp3) is 0.115. The van der Waals surface area contributed by atoms with Crippen LogP contribution in [0.5, 0.6) is 0 Å². The van der Waals surface area contributed by atoms with Crippen LogP contribution in [-0.4, -0.2) is 0 Å². The molecule has 0 radical (unpaired) electrons. The first-order valence-corrected chi connectivity index (χ1v) is 12.1. The minimum Gasteiger partial charge on any atom is -0.0984 e. The van der Waals surface area contributed by atoms with Gasteiger partial charge in [-0.25, -0.2) is 0 Å². The van der Waals surface area contributed by atoms with Crippen LogP contribution in [0.1, 0.15) is 30.3 Å². The summed E-state index contributed by atoms with van der Waals surface area (Å²) in [4.78, 5) is 0. The molecule has 0 bridgehead atoms. The molecule has 0 aliphatic heterocycles. The molecule has 0 amide bonds. The third-order valence-corrected chi connectivity index (χ3v) is 7.38. The SMILES string of the molecule is C=C/C(=C(\C=C)c1c(/C(C=C)=C(C)/C=C\C)ccc[p+]1C)c1ccccc1I. The van der Waals surface area contributed by atoms with Crippen LogP contribution in [0.4, 0.5) is 0 Å². The molecule has 0 fully saturated rings. The summed E-state index contributed by atoms with van der Waals surface area (Å²) in [5.41, 5.74) is 7.05. The van der Waals surface area contributed by atoms with Gasteiger partial charge in [-0.3, -0.25) is 0 Å². The van der Waals surface area contributed by atoms with Gasteiger partial charge < -0.3 is 0 Å². The van der Waals surface area contributed by atoms with E-state index < -0.39 is 7.53 Å². The lowest BCUT2D eigenvalue weighted by Crippen LogP contribution is -1.96. The second kappa shape index (κ2) is 10.5. The van der Waals surface area contributed by atoms with Crippen LogP contribution in [0.15, 0.2) is 97.9 Å². The van der Waals surface area contributed by atoms with Crippen LogP contribution in [0.3, 0.4) is 0 Å². The number of hydrogen-bond acceptors (Lipinski definition) is 0. The van der Waals surface area contributed by atoms with Crippen molar-refractivity contribution in [2.75, 3.05) is 0 Å². The first-order chi connectivity index (χ1) is 13.5. The zero-order valence-electron chi connectivity index (χ0n) is 16.9. The minimum atomic E-state index is -0.468. The number of halogens is 1. The number of aryl methyl sites for hydroxylation is 1. The van der Waals surface area contributed by atoms with Crippen molar-refractivity contribution < 1.29 is 0 Å². The molecule has 0 aliphatic rings. The first kappa shape index (κ1) is 22.3. The summed E-state index contributed by atoms with van der Waals surface area (Å²) in [5, 5.41) is 1.32. The average Bonchev–Trinajstić information content (AvgIpc) is 2.68. The maximum absolute atomic E-state index is 4.17. The van der Waals surface area contributed by atoms with E-state index in [0.29, 0.717) is 0 Å². The molecule has 2 aromatic rings. The van der Waals surface area contributed by atoms with Gasteiger partial charge in [-0.05, 0) is 76.9 Å². The van der Waals surface area contributed by atoms with Gasteiger partial charge in [0.1, 0.15) is 20.0 Å². The topological polar surface area (TPSA) is 0 Å². The van der Waals surface area contributed by atoms with Gasteiger partial charge >= 0.3 is 0 Å². The third kappa shape index (κ3) is 4.71. The molecular weight excluding hydrogens is 470 g/mol. The van der Waals surface area contributed by atoms with Crippen molar-refractivity contribution in [1.29, 1.82) is 0 Å². The van der Waals surface area contributed by atoms with Crippen molar-refractivity contribution >= 4 is 46.8 Å². The summed E-state index contributed by atoms with van der Waals surface area (Å²) >= 11 is 2.39. The van der Waals surface area contributed by atoms with Crippen LogP contribution < -0.4 is 0 Å². The summed E-state index contributed by atoms with van der Waals surface area (Å²) in [6.07, 6.45) is 10.1. The van der Waals surface area contributed by atoms with E-state index in [-0.39, 0.29) is 0 Å². The molecule has 1 aromatic carbocycles. The van der Waals surface area contributed by atoms with E-state index in [1.54, 1.807) is 0 Å². The molecule has 0 spiro atoms. The van der Waals surface area contributed by atoms with Crippen LogP contribution in [0.25, 0.3) is 16.7 Å². The molecule has 0 nitrogen and oxygen atoms in total.